The zero-order chi connectivity index (χ0) is 32.8. The van der Waals surface area contributed by atoms with Gasteiger partial charge in [0.1, 0.15) is 0 Å². The summed E-state index contributed by atoms with van der Waals surface area (Å²) in [4.78, 5) is 0. The SMILES string of the molecule is c1ccc(-n2c3ccccc3c3c4c5ccccc5n(-c5ccc6c(c5)-c5ccccc5-c5ccccc5-c5ccccc5-6)c4ccc32)cc1. The molecule has 2 heterocycles. The van der Waals surface area contributed by atoms with Crippen molar-refractivity contribution in [1.29, 1.82) is 0 Å². The van der Waals surface area contributed by atoms with Gasteiger partial charge in [0.15, 0.2) is 0 Å². The molecule has 0 amide bonds. The fraction of sp³-hybridized carbons (Fsp3) is 0. The number of para-hydroxylation sites is 3. The van der Waals surface area contributed by atoms with Crippen molar-refractivity contribution in [3.8, 4) is 55.9 Å². The van der Waals surface area contributed by atoms with Crippen LogP contribution in [0.4, 0.5) is 0 Å². The molecule has 8 aromatic carbocycles. The zero-order valence-electron chi connectivity index (χ0n) is 27.2. The van der Waals surface area contributed by atoms with Gasteiger partial charge in [0, 0.05) is 32.9 Å². The first-order chi connectivity index (χ1) is 24.8. The van der Waals surface area contributed by atoms with Crippen molar-refractivity contribution in [2.75, 3.05) is 0 Å². The summed E-state index contributed by atoms with van der Waals surface area (Å²) < 4.78 is 4.88. The molecule has 2 heteroatoms. The summed E-state index contributed by atoms with van der Waals surface area (Å²) in [6.45, 7) is 0. The average Bonchev–Trinajstić information content (AvgIpc) is 3.70. The van der Waals surface area contributed by atoms with Crippen LogP contribution >= 0.6 is 0 Å². The van der Waals surface area contributed by atoms with E-state index in [0.717, 1.165) is 5.69 Å². The second-order valence-electron chi connectivity index (χ2n) is 13.3. The first-order valence-electron chi connectivity index (χ1n) is 17.3. The molecule has 0 atom stereocenters. The van der Waals surface area contributed by atoms with Gasteiger partial charge in [-0.2, -0.15) is 0 Å². The highest BCUT2D eigenvalue weighted by Gasteiger charge is 2.24. The first kappa shape index (κ1) is 27.3. The Kier molecular flexibility index (Phi) is 5.70. The van der Waals surface area contributed by atoms with Crippen molar-refractivity contribution in [2.45, 2.75) is 0 Å². The molecule has 0 bridgehead atoms. The standard InChI is InChI=1S/C48H30N2/c1-2-14-31(15-3-1)49-43-24-12-10-22-40(43)47-45(49)28-29-46-48(47)41-23-11-13-25-44(41)50(46)32-26-27-39-37-20-7-6-18-35(37)33-16-4-5-17-34(33)36-19-8-9-21-38(36)42(39)30-32/h1-30H. The molecule has 50 heavy (non-hydrogen) atoms. The molecule has 0 aliphatic heterocycles. The predicted molar refractivity (Wildman–Crippen MR) is 210 cm³/mol. The minimum Gasteiger partial charge on any atom is -0.309 e. The van der Waals surface area contributed by atoms with E-state index < -0.39 is 0 Å². The van der Waals surface area contributed by atoms with Crippen LogP contribution in [0.2, 0.25) is 0 Å². The monoisotopic (exact) mass is 634 g/mol. The lowest BCUT2D eigenvalue weighted by Crippen LogP contribution is -2.00. The van der Waals surface area contributed by atoms with Gasteiger partial charge in [-0.1, -0.05) is 133 Å². The molecule has 10 aromatic rings. The van der Waals surface area contributed by atoms with Crippen LogP contribution in [0, 0.1) is 0 Å². The van der Waals surface area contributed by atoms with Crippen molar-refractivity contribution < 1.29 is 0 Å². The van der Waals surface area contributed by atoms with E-state index >= 15 is 0 Å². The molecule has 0 spiro atoms. The molecule has 0 radical (unpaired) electrons. The third-order valence-electron chi connectivity index (χ3n) is 10.7. The summed E-state index contributed by atoms with van der Waals surface area (Å²) in [6, 6.07) is 66.8. The van der Waals surface area contributed by atoms with Gasteiger partial charge in [-0.3, -0.25) is 0 Å². The normalized spacial score (nSPS) is 12.0. The zero-order valence-corrected chi connectivity index (χ0v) is 27.2. The van der Waals surface area contributed by atoms with Crippen molar-refractivity contribution >= 4 is 43.6 Å². The molecule has 1 aliphatic rings. The fourth-order valence-corrected chi connectivity index (χ4v) is 8.64. The number of aromatic nitrogens is 2. The second-order valence-corrected chi connectivity index (χ2v) is 13.3. The fourth-order valence-electron chi connectivity index (χ4n) is 8.64. The largest absolute Gasteiger partial charge is 0.309 e. The van der Waals surface area contributed by atoms with Gasteiger partial charge >= 0.3 is 0 Å². The Morgan fingerprint density at radius 2 is 0.620 bits per heavy atom. The number of hydrogen-bond acceptors (Lipinski definition) is 0. The van der Waals surface area contributed by atoms with Crippen molar-refractivity contribution in [3.63, 3.8) is 0 Å². The highest BCUT2D eigenvalue weighted by atomic mass is 15.0. The molecule has 2 nitrogen and oxygen atoms in total. The van der Waals surface area contributed by atoms with Crippen LogP contribution in [0.3, 0.4) is 0 Å². The third-order valence-corrected chi connectivity index (χ3v) is 10.7. The van der Waals surface area contributed by atoms with Crippen LogP contribution in [-0.4, -0.2) is 9.13 Å². The molecular formula is C48H30N2. The third kappa shape index (κ3) is 3.73. The minimum atomic E-state index is 1.15. The summed E-state index contributed by atoms with van der Waals surface area (Å²) in [5.74, 6) is 0. The molecular weight excluding hydrogens is 605 g/mol. The van der Waals surface area contributed by atoms with E-state index in [1.54, 1.807) is 0 Å². The quantitative estimate of drug-likeness (QED) is 0.179. The molecule has 11 rings (SSSR count). The summed E-state index contributed by atoms with van der Waals surface area (Å²) in [5.41, 5.74) is 17.2. The Morgan fingerprint density at radius 1 is 0.240 bits per heavy atom. The van der Waals surface area contributed by atoms with Crippen molar-refractivity contribution in [3.05, 3.63) is 182 Å². The molecule has 0 unspecified atom stereocenters. The highest BCUT2D eigenvalue weighted by molar-refractivity contribution is 6.29. The van der Waals surface area contributed by atoms with Gasteiger partial charge in [0.05, 0.1) is 22.1 Å². The van der Waals surface area contributed by atoms with Gasteiger partial charge in [0.25, 0.3) is 0 Å². The Morgan fingerprint density at radius 3 is 1.12 bits per heavy atom. The van der Waals surface area contributed by atoms with Crippen molar-refractivity contribution in [2.24, 2.45) is 0 Å². The number of rotatable bonds is 2. The van der Waals surface area contributed by atoms with Gasteiger partial charge in [0.2, 0.25) is 0 Å². The number of fused-ring (bicyclic) bond motifs is 15. The lowest BCUT2D eigenvalue weighted by Gasteiger charge is -2.23. The maximum absolute atomic E-state index is 2.47. The van der Waals surface area contributed by atoms with Crippen molar-refractivity contribution in [1.82, 2.24) is 9.13 Å². The van der Waals surface area contributed by atoms with Crippen LogP contribution in [0.5, 0.6) is 0 Å². The molecule has 0 saturated carbocycles. The summed E-state index contributed by atoms with van der Waals surface area (Å²) in [6.07, 6.45) is 0. The van der Waals surface area contributed by atoms with Gasteiger partial charge < -0.3 is 9.13 Å². The smallest absolute Gasteiger partial charge is 0.0548 e. The van der Waals surface area contributed by atoms with Crippen LogP contribution in [0.1, 0.15) is 0 Å². The molecule has 0 saturated heterocycles. The Hall–Kier alpha value is -6.64. The number of hydrogen-bond donors (Lipinski definition) is 0. The Balaban J connectivity index is 1.24. The lowest BCUT2D eigenvalue weighted by molar-refractivity contribution is 1.17. The van der Waals surface area contributed by atoms with Gasteiger partial charge in [-0.15, -0.1) is 0 Å². The Labute approximate surface area is 289 Å². The first-order valence-corrected chi connectivity index (χ1v) is 17.3. The summed E-state index contributed by atoms with van der Waals surface area (Å²) in [7, 11) is 0. The van der Waals surface area contributed by atoms with Crippen LogP contribution in [0.15, 0.2) is 182 Å². The van der Waals surface area contributed by atoms with Gasteiger partial charge in [-0.05, 0) is 93.0 Å². The van der Waals surface area contributed by atoms with E-state index in [9.17, 15) is 0 Å². The number of nitrogens with zero attached hydrogens (tertiary/aromatic N) is 2. The van der Waals surface area contributed by atoms with E-state index in [4.69, 9.17) is 0 Å². The topological polar surface area (TPSA) is 9.86 Å². The maximum Gasteiger partial charge on any atom is 0.0548 e. The van der Waals surface area contributed by atoms with E-state index in [-0.39, 0.29) is 0 Å². The lowest BCUT2D eigenvalue weighted by atomic mass is 9.81. The van der Waals surface area contributed by atoms with Crippen LogP contribution in [0.25, 0.3) is 99.5 Å². The van der Waals surface area contributed by atoms with E-state index in [0.29, 0.717) is 0 Å². The molecule has 232 valence electrons. The molecule has 1 aliphatic carbocycles. The number of benzene rings is 8. The summed E-state index contributed by atoms with van der Waals surface area (Å²) in [5, 5.41) is 5.10. The maximum atomic E-state index is 2.47. The minimum absolute atomic E-state index is 1.15. The molecule has 0 fully saturated rings. The van der Waals surface area contributed by atoms with Crippen LogP contribution in [-0.2, 0) is 0 Å². The average molecular weight is 635 g/mol. The molecule has 2 aromatic heterocycles. The van der Waals surface area contributed by atoms with E-state index in [1.165, 1.54) is 93.8 Å². The summed E-state index contributed by atoms with van der Waals surface area (Å²) >= 11 is 0. The Bertz CT molecular complexity index is 2970. The van der Waals surface area contributed by atoms with Crippen LogP contribution < -0.4 is 0 Å². The van der Waals surface area contributed by atoms with Gasteiger partial charge in [-0.25, -0.2) is 0 Å². The highest BCUT2D eigenvalue weighted by Crippen LogP contribution is 2.49. The molecule has 0 N–H and O–H groups in total. The second kappa shape index (κ2) is 10.4. The van der Waals surface area contributed by atoms with E-state index in [2.05, 4.69) is 191 Å². The predicted octanol–water partition coefficient (Wildman–Crippen LogP) is 12.9. The van der Waals surface area contributed by atoms with E-state index in [1.807, 2.05) is 0 Å².